The third-order valence-electron chi connectivity index (χ3n) is 3.44. The van der Waals surface area contributed by atoms with Crippen molar-refractivity contribution in [2.24, 2.45) is 5.92 Å². The third-order valence-corrected chi connectivity index (χ3v) is 3.44. The van der Waals surface area contributed by atoms with Crippen molar-refractivity contribution in [2.45, 2.75) is 18.5 Å². The minimum absolute atomic E-state index is 0.142. The fraction of sp³-hybridized carbons (Fsp3) is 0.462. The first kappa shape index (κ1) is 13.9. The van der Waals surface area contributed by atoms with E-state index in [2.05, 4.69) is 5.32 Å². The van der Waals surface area contributed by atoms with Gasteiger partial charge in [-0.1, -0.05) is 18.2 Å². The van der Waals surface area contributed by atoms with E-state index >= 15 is 0 Å². The molecule has 0 radical (unpaired) electrons. The monoisotopic (exact) mass is 273 g/mol. The zero-order chi connectivity index (χ0) is 14.0. The van der Waals surface area contributed by atoms with Crippen molar-refractivity contribution in [3.05, 3.63) is 35.4 Å². The van der Waals surface area contributed by atoms with Crippen LogP contribution in [0.4, 0.5) is 13.2 Å². The molecule has 0 bridgehead atoms. The Hall–Kier alpha value is -1.56. The summed E-state index contributed by atoms with van der Waals surface area (Å²) in [5, 5.41) is 12.3. The maximum atomic E-state index is 13.0. The van der Waals surface area contributed by atoms with Crippen LogP contribution in [-0.2, 0) is 11.0 Å². The smallest absolute Gasteiger partial charge is 0.416 e. The number of carboxylic acids is 1. The number of halogens is 3. The molecular formula is C13H14F3NO2. The van der Waals surface area contributed by atoms with Gasteiger partial charge in [0.1, 0.15) is 0 Å². The fourth-order valence-corrected chi connectivity index (χ4v) is 2.58. The number of carboxylic acid groups (broad SMARTS) is 1. The molecule has 0 spiro atoms. The van der Waals surface area contributed by atoms with Gasteiger partial charge in [-0.25, -0.2) is 0 Å². The summed E-state index contributed by atoms with van der Waals surface area (Å²) in [5.74, 6) is -2.63. The molecule has 0 amide bonds. The first-order valence-corrected chi connectivity index (χ1v) is 6.01. The van der Waals surface area contributed by atoms with Crippen LogP contribution in [0.5, 0.6) is 0 Å². The number of rotatable bonds is 3. The number of alkyl halides is 3. The molecule has 0 saturated carbocycles. The molecule has 2 N–H and O–H groups in total. The lowest BCUT2D eigenvalue weighted by molar-refractivity contribution is -0.142. The lowest BCUT2D eigenvalue weighted by Gasteiger charge is -2.22. The van der Waals surface area contributed by atoms with E-state index in [0.717, 1.165) is 6.07 Å². The number of hydrogen-bond acceptors (Lipinski definition) is 2. The molecule has 1 aliphatic heterocycles. The Kier molecular flexibility index (Phi) is 3.80. The molecule has 2 rings (SSSR count). The summed E-state index contributed by atoms with van der Waals surface area (Å²) in [4.78, 5) is 11.4. The minimum atomic E-state index is -4.53. The second kappa shape index (κ2) is 5.21. The molecule has 6 heteroatoms. The molecule has 2 unspecified atom stereocenters. The average Bonchev–Trinajstić information content (AvgIpc) is 2.81. The molecule has 1 heterocycles. The predicted molar refractivity (Wildman–Crippen MR) is 62.8 cm³/mol. The summed E-state index contributed by atoms with van der Waals surface area (Å²) in [5.41, 5.74) is -0.995. The normalized spacial score (nSPS) is 21.3. The van der Waals surface area contributed by atoms with Crippen molar-refractivity contribution in [2.75, 3.05) is 13.1 Å². The average molecular weight is 273 g/mol. The van der Waals surface area contributed by atoms with Crippen LogP contribution < -0.4 is 5.32 Å². The molecule has 1 saturated heterocycles. The second-order valence-corrected chi connectivity index (χ2v) is 4.65. The Bertz CT molecular complexity index is 467. The van der Waals surface area contributed by atoms with Crippen LogP contribution in [0.3, 0.4) is 0 Å². The van der Waals surface area contributed by atoms with E-state index in [1.807, 2.05) is 0 Å². The van der Waals surface area contributed by atoms with Crippen molar-refractivity contribution in [1.29, 1.82) is 0 Å². The number of nitrogens with one attached hydrogen (secondary N) is 1. The topological polar surface area (TPSA) is 49.3 Å². The Morgan fingerprint density at radius 2 is 2.05 bits per heavy atom. The van der Waals surface area contributed by atoms with E-state index in [1.165, 1.54) is 18.2 Å². The summed E-state index contributed by atoms with van der Waals surface area (Å²) in [6, 6.07) is 4.93. The molecule has 104 valence electrons. The van der Waals surface area contributed by atoms with Gasteiger partial charge in [-0.15, -0.1) is 0 Å². The van der Waals surface area contributed by atoms with Gasteiger partial charge in [-0.05, 0) is 37.1 Å². The second-order valence-electron chi connectivity index (χ2n) is 4.65. The van der Waals surface area contributed by atoms with Crippen LogP contribution >= 0.6 is 0 Å². The standard InChI is InChI=1S/C13H14F3NO2/c14-13(15,16)10-4-2-1-3-9(10)11(12(18)19)8-5-6-17-7-8/h1-4,8,11,17H,5-7H2,(H,18,19). The first-order chi connectivity index (χ1) is 8.91. The lowest BCUT2D eigenvalue weighted by Crippen LogP contribution is -2.26. The van der Waals surface area contributed by atoms with E-state index in [1.54, 1.807) is 0 Å². The number of carbonyl (C=O) groups is 1. The summed E-state index contributed by atoms with van der Waals surface area (Å²) < 4.78 is 38.9. The quantitative estimate of drug-likeness (QED) is 0.889. The van der Waals surface area contributed by atoms with Crippen molar-refractivity contribution in [3.8, 4) is 0 Å². The lowest BCUT2D eigenvalue weighted by atomic mass is 9.83. The Morgan fingerprint density at radius 1 is 1.37 bits per heavy atom. The highest BCUT2D eigenvalue weighted by atomic mass is 19.4. The molecule has 19 heavy (non-hydrogen) atoms. The molecule has 1 aliphatic rings. The summed E-state index contributed by atoms with van der Waals surface area (Å²) >= 11 is 0. The molecule has 1 fully saturated rings. The minimum Gasteiger partial charge on any atom is -0.481 e. The van der Waals surface area contributed by atoms with E-state index in [-0.39, 0.29) is 11.5 Å². The summed E-state index contributed by atoms with van der Waals surface area (Å²) in [6.07, 6.45) is -3.96. The Balaban J connectivity index is 2.45. The molecule has 0 aromatic heterocycles. The molecule has 1 aromatic rings. The highest BCUT2D eigenvalue weighted by Crippen LogP contribution is 2.39. The van der Waals surface area contributed by atoms with Gasteiger partial charge >= 0.3 is 12.1 Å². The number of hydrogen-bond donors (Lipinski definition) is 2. The van der Waals surface area contributed by atoms with Crippen molar-refractivity contribution < 1.29 is 23.1 Å². The van der Waals surface area contributed by atoms with E-state index in [4.69, 9.17) is 0 Å². The molecule has 2 atom stereocenters. The summed E-state index contributed by atoms with van der Waals surface area (Å²) in [6.45, 7) is 1.08. The predicted octanol–water partition coefficient (Wildman–Crippen LogP) is 2.48. The molecular weight excluding hydrogens is 259 g/mol. The largest absolute Gasteiger partial charge is 0.481 e. The zero-order valence-electron chi connectivity index (χ0n) is 10.1. The van der Waals surface area contributed by atoms with Gasteiger partial charge < -0.3 is 10.4 Å². The highest BCUT2D eigenvalue weighted by molar-refractivity contribution is 5.77. The van der Waals surface area contributed by atoms with Gasteiger partial charge in [0, 0.05) is 0 Å². The van der Waals surface area contributed by atoms with Gasteiger partial charge in [0.25, 0.3) is 0 Å². The molecule has 0 aliphatic carbocycles. The Morgan fingerprint density at radius 3 is 2.58 bits per heavy atom. The first-order valence-electron chi connectivity index (χ1n) is 6.01. The van der Waals surface area contributed by atoms with Crippen LogP contribution in [0.2, 0.25) is 0 Å². The summed E-state index contributed by atoms with van der Waals surface area (Å²) in [7, 11) is 0. The van der Waals surface area contributed by atoms with Gasteiger partial charge in [0.05, 0.1) is 11.5 Å². The van der Waals surface area contributed by atoms with Crippen LogP contribution in [0.15, 0.2) is 24.3 Å². The fourth-order valence-electron chi connectivity index (χ4n) is 2.58. The van der Waals surface area contributed by atoms with Crippen molar-refractivity contribution >= 4 is 5.97 Å². The van der Waals surface area contributed by atoms with Crippen molar-refractivity contribution in [1.82, 2.24) is 5.32 Å². The maximum Gasteiger partial charge on any atom is 0.416 e. The van der Waals surface area contributed by atoms with E-state index in [9.17, 15) is 23.1 Å². The maximum absolute atomic E-state index is 13.0. The van der Waals surface area contributed by atoms with Crippen molar-refractivity contribution in [3.63, 3.8) is 0 Å². The van der Waals surface area contributed by atoms with Crippen LogP contribution in [0.25, 0.3) is 0 Å². The molecule has 1 aromatic carbocycles. The van der Waals surface area contributed by atoms with Gasteiger partial charge in [-0.3, -0.25) is 4.79 Å². The Labute approximate surface area is 108 Å². The van der Waals surface area contributed by atoms with Crippen LogP contribution in [0.1, 0.15) is 23.5 Å². The van der Waals surface area contributed by atoms with Crippen LogP contribution in [0, 0.1) is 5.92 Å². The highest BCUT2D eigenvalue weighted by Gasteiger charge is 2.40. The number of benzene rings is 1. The van der Waals surface area contributed by atoms with Gasteiger partial charge in [0.2, 0.25) is 0 Å². The molecule has 3 nitrogen and oxygen atoms in total. The van der Waals surface area contributed by atoms with Crippen LogP contribution in [-0.4, -0.2) is 24.2 Å². The van der Waals surface area contributed by atoms with Gasteiger partial charge in [0.15, 0.2) is 0 Å². The zero-order valence-corrected chi connectivity index (χ0v) is 10.1. The van der Waals surface area contributed by atoms with E-state index < -0.39 is 23.6 Å². The SMILES string of the molecule is O=C(O)C(c1ccccc1C(F)(F)F)C1CCNC1. The van der Waals surface area contributed by atoms with Gasteiger partial charge in [-0.2, -0.15) is 13.2 Å². The van der Waals surface area contributed by atoms with E-state index in [0.29, 0.717) is 19.5 Å². The number of aliphatic carboxylic acids is 1. The third kappa shape index (κ3) is 2.89.